The molecule has 4 rings (SSSR count). The van der Waals surface area contributed by atoms with Crippen LogP contribution in [0.25, 0.3) is 0 Å². The van der Waals surface area contributed by atoms with Crippen LogP contribution in [0.3, 0.4) is 0 Å². The molecule has 34 heavy (non-hydrogen) atoms. The minimum Gasteiger partial charge on any atom is -0.493 e. The fourth-order valence-electron chi connectivity index (χ4n) is 3.84. The molecule has 0 saturated carbocycles. The molecule has 1 aromatic carbocycles. The molecule has 0 N–H and O–H groups in total. The number of benzene rings is 1. The molecule has 1 aliphatic heterocycles. The number of rotatable bonds is 8. The van der Waals surface area contributed by atoms with E-state index in [9.17, 15) is 4.79 Å². The highest BCUT2D eigenvalue weighted by Gasteiger charge is 2.27. The van der Waals surface area contributed by atoms with Crippen LogP contribution in [0.1, 0.15) is 36.6 Å². The quantitative estimate of drug-likeness (QED) is 0.446. The predicted octanol–water partition coefficient (Wildman–Crippen LogP) is 4.50. The summed E-state index contributed by atoms with van der Waals surface area (Å²) in [6.07, 6.45) is 0. The Hall–Kier alpha value is -2.55. The molecule has 0 atom stereocenters. The SMILES string of the molecule is Cc1cc(CN2CCN(c3cc(C)n(Cc4cc(Cl)ccc4OCC(C)C)n3)C(=O)C2)no1.Cl. The summed E-state index contributed by atoms with van der Waals surface area (Å²) in [7, 11) is 0. The summed E-state index contributed by atoms with van der Waals surface area (Å²) in [5.74, 6) is 2.69. The first-order valence-electron chi connectivity index (χ1n) is 11.2. The number of carbonyl (C=O) groups is 1. The zero-order chi connectivity index (χ0) is 23.5. The van der Waals surface area contributed by atoms with E-state index in [4.69, 9.17) is 26.0 Å². The van der Waals surface area contributed by atoms with Crippen molar-refractivity contribution < 1.29 is 14.1 Å². The van der Waals surface area contributed by atoms with Gasteiger partial charge >= 0.3 is 0 Å². The fourth-order valence-corrected chi connectivity index (χ4v) is 4.03. The lowest BCUT2D eigenvalue weighted by Gasteiger charge is -2.32. The number of aryl methyl sites for hydroxylation is 2. The minimum atomic E-state index is 0. The van der Waals surface area contributed by atoms with E-state index in [0.717, 1.165) is 35.0 Å². The molecule has 0 unspecified atom stereocenters. The van der Waals surface area contributed by atoms with Gasteiger partial charge in [-0.3, -0.25) is 19.3 Å². The Balaban J connectivity index is 0.00000324. The molecule has 1 aliphatic rings. The van der Waals surface area contributed by atoms with Crippen LogP contribution in [0.2, 0.25) is 5.02 Å². The van der Waals surface area contributed by atoms with E-state index in [-0.39, 0.29) is 18.3 Å². The molecule has 1 fully saturated rings. The normalized spacial score (nSPS) is 14.5. The van der Waals surface area contributed by atoms with Crippen LogP contribution in [0.15, 0.2) is 34.9 Å². The zero-order valence-electron chi connectivity index (χ0n) is 20.0. The Labute approximate surface area is 211 Å². The Morgan fingerprint density at radius 2 is 1.94 bits per heavy atom. The summed E-state index contributed by atoms with van der Waals surface area (Å²) in [5, 5.41) is 9.41. The van der Waals surface area contributed by atoms with Gasteiger partial charge in [0.05, 0.1) is 25.4 Å². The molecule has 0 radical (unpaired) electrons. The standard InChI is InChI=1S/C24H30ClN5O3.ClH/c1-16(2)15-32-22-6-5-20(25)11-19(22)12-30-17(3)9-23(26-30)29-8-7-28(14-24(29)31)13-21-10-18(4)33-27-21;/h5-6,9-11,16H,7-8,12-15H2,1-4H3;1H. The summed E-state index contributed by atoms with van der Waals surface area (Å²) < 4.78 is 13.0. The number of hydrogen-bond donors (Lipinski definition) is 0. The second-order valence-corrected chi connectivity index (χ2v) is 9.38. The third-order valence-corrected chi connectivity index (χ3v) is 5.76. The molecule has 2 aromatic heterocycles. The van der Waals surface area contributed by atoms with Gasteiger partial charge in [-0.15, -0.1) is 12.4 Å². The van der Waals surface area contributed by atoms with Crippen LogP contribution >= 0.6 is 24.0 Å². The van der Waals surface area contributed by atoms with E-state index in [1.54, 1.807) is 4.90 Å². The smallest absolute Gasteiger partial charge is 0.242 e. The largest absolute Gasteiger partial charge is 0.493 e. The second-order valence-electron chi connectivity index (χ2n) is 8.94. The predicted molar refractivity (Wildman–Crippen MR) is 134 cm³/mol. The van der Waals surface area contributed by atoms with E-state index in [1.807, 2.05) is 48.9 Å². The van der Waals surface area contributed by atoms with Crippen molar-refractivity contribution in [1.29, 1.82) is 0 Å². The van der Waals surface area contributed by atoms with Crippen LogP contribution in [0.4, 0.5) is 5.82 Å². The number of ether oxygens (including phenoxy) is 1. The first-order chi connectivity index (χ1) is 15.8. The van der Waals surface area contributed by atoms with Crippen molar-refractivity contribution in [3.8, 4) is 5.75 Å². The van der Waals surface area contributed by atoms with Gasteiger partial charge in [0.25, 0.3) is 0 Å². The number of piperazine rings is 1. The summed E-state index contributed by atoms with van der Waals surface area (Å²) in [5.41, 5.74) is 2.76. The van der Waals surface area contributed by atoms with Crippen molar-refractivity contribution in [2.24, 2.45) is 5.92 Å². The van der Waals surface area contributed by atoms with E-state index in [1.165, 1.54) is 0 Å². The summed E-state index contributed by atoms with van der Waals surface area (Å²) in [6.45, 7) is 11.5. The summed E-state index contributed by atoms with van der Waals surface area (Å²) >= 11 is 6.25. The van der Waals surface area contributed by atoms with Gasteiger partial charge in [-0.2, -0.15) is 5.10 Å². The van der Waals surface area contributed by atoms with Crippen molar-refractivity contribution in [3.63, 3.8) is 0 Å². The topological polar surface area (TPSA) is 76.6 Å². The van der Waals surface area contributed by atoms with E-state index < -0.39 is 0 Å². The number of hydrogen-bond acceptors (Lipinski definition) is 6. The maximum Gasteiger partial charge on any atom is 0.242 e. The first-order valence-corrected chi connectivity index (χ1v) is 11.6. The molecule has 0 bridgehead atoms. The van der Waals surface area contributed by atoms with Crippen molar-refractivity contribution >= 4 is 35.7 Å². The Morgan fingerprint density at radius 3 is 2.62 bits per heavy atom. The third kappa shape index (κ3) is 6.31. The van der Waals surface area contributed by atoms with Gasteiger partial charge in [0.15, 0.2) is 5.82 Å². The van der Waals surface area contributed by atoms with Crippen molar-refractivity contribution in [1.82, 2.24) is 19.8 Å². The molecular weight excluding hydrogens is 477 g/mol. The fraction of sp³-hybridized carbons (Fsp3) is 0.458. The molecule has 8 nitrogen and oxygen atoms in total. The van der Waals surface area contributed by atoms with Crippen molar-refractivity contribution in [2.45, 2.75) is 40.8 Å². The van der Waals surface area contributed by atoms with E-state index in [2.05, 4.69) is 23.9 Å². The maximum absolute atomic E-state index is 12.9. The lowest BCUT2D eigenvalue weighted by atomic mass is 10.2. The summed E-state index contributed by atoms with van der Waals surface area (Å²) in [6, 6.07) is 9.50. The zero-order valence-corrected chi connectivity index (χ0v) is 21.5. The maximum atomic E-state index is 12.9. The number of carbonyl (C=O) groups excluding carboxylic acids is 1. The van der Waals surface area contributed by atoms with Gasteiger partial charge in [-0.1, -0.05) is 30.6 Å². The number of aromatic nitrogens is 3. The second kappa shape index (κ2) is 11.3. The van der Waals surface area contributed by atoms with Crippen LogP contribution in [-0.4, -0.2) is 52.0 Å². The Morgan fingerprint density at radius 1 is 1.15 bits per heavy atom. The molecule has 3 heterocycles. The third-order valence-electron chi connectivity index (χ3n) is 5.52. The highest BCUT2D eigenvalue weighted by Crippen LogP contribution is 2.26. The molecular formula is C24H31Cl2N5O3. The molecule has 1 amide bonds. The summed E-state index contributed by atoms with van der Waals surface area (Å²) in [4.78, 5) is 16.7. The lowest BCUT2D eigenvalue weighted by Crippen LogP contribution is -2.50. The number of halogens is 2. The van der Waals surface area contributed by atoms with Crippen LogP contribution in [0.5, 0.6) is 5.75 Å². The van der Waals surface area contributed by atoms with Gasteiger partial charge in [0, 0.05) is 48.0 Å². The van der Waals surface area contributed by atoms with Crippen LogP contribution in [0, 0.1) is 19.8 Å². The molecule has 0 spiro atoms. The molecule has 184 valence electrons. The van der Waals surface area contributed by atoms with E-state index >= 15 is 0 Å². The molecule has 1 saturated heterocycles. The number of nitrogens with zero attached hydrogens (tertiary/aromatic N) is 5. The van der Waals surface area contributed by atoms with E-state index in [0.29, 0.717) is 49.5 Å². The monoisotopic (exact) mass is 507 g/mol. The van der Waals surface area contributed by atoms with Crippen molar-refractivity contribution in [3.05, 3.63) is 58.1 Å². The number of amides is 1. The number of anilines is 1. The first kappa shape index (κ1) is 26.1. The average Bonchev–Trinajstić information content (AvgIpc) is 3.32. The lowest BCUT2D eigenvalue weighted by molar-refractivity contribution is -0.121. The van der Waals surface area contributed by atoms with Crippen LogP contribution in [-0.2, 0) is 17.9 Å². The van der Waals surface area contributed by atoms with Gasteiger partial charge in [-0.25, -0.2) is 0 Å². The molecule has 0 aliphatic carbocycles. The molecule has 10 heteroatoms. The average molecular weight is 508 g/mol. The van der Waals surface area contributed by atoms with Gasteiger partial charge in [0.1, 0.15) is 11.5 Å². The van der Waals surface area contributed by atoms with Gasteiger partial charge in [-0.05, 0) is 38.0 Å². The van der Waals surface area contributed by atoms with Gasteiger partial charge in [0.2, 0.25) is 5.91 Å². The Kier molecular flexibility index (Phi) is 8.62. The van der Waals surface area contributed by atoms with Crippen molar-refractivity contribution in [2.75, 3.05) is 31.1 Å². The highest BCUT2D eigenvalue weighted by molar-refractivity contribution is 6.30. The van der Waals surface area contributed by atoms with Gasteiger partial charge < -0.3 is 9.26 Å². The minimum absolute atomic E-state index is 0. The van der Waals surface area contributed by atoms with Crippen LogP contribution < -0.4 is 9.64 Å². The molecule has 3 aromatic rings. The Bertz CT molecular complexity index is 1130. The highest BCUT2D eigenvalue weighted by atomic mass is 35.5.